The summed E-state index contributed by atoms with van der Waals surface area (Å²) in [7, 11) is 0. The van der Waals surface area contributed by atoms with Crippen LogP contribution < -0.4 is 10.1 Å². The minimum atomic E-state index is -0.143. The number of anilines is 1. The van der Waals surface area contributed by atoms with Gasteiger partial charge in [0.1, 0.15) is 5.75 Å². The molecule has 3 nitrogen and oxygen atoms in total. The third-order valence-corrected chi connectivity index (χ3v) is 4.47. The number of carbonyl (C=O) groups is 1. The highest BCUT2D eigenvalue weighted by atomic mass is 16.5. The van der Waals surface area contributed by atoms with Crippen LogP contribution in [0.15, 0.2) is 48.5 Å². The maximum Gasteiger partial charge on any atom is 0.262 e. The Balaban J connectivity index is 1.95. The molecule has 0 saturated carbocycles. The maximum absolute atomic E-state index is 12.2. The molecule has 0 aliphatic heterocycles. The Kier molecular flexibility index (Phi) is 6.24. The average Bonchev–Trinajstić information content (AvgIpc) is 2.59. The summed E-state index contributed by atoms with van der Waals surface area (Å²) in [6, 6.07) is 15.9. The molecular formula is C22H29NO2. The van der Waals surface area contributed by atoms with Crippen molar-refractivity contribution in [2.75, 3.05) is 11.9 Å². The summed E-state index contributed by atoms with van der Waals surface area (Å²) < 4.78 is 5.62. The van der Waals surface area contributed by atoms with E-state index in [2.05, 4.69) is 46.0 Å². The number of benzene rings is 2. The summed E-state index contributed by atoms with van der Waals surface area (Å²) >= 11 is 0. The molecule has 0 spiro atoms. The van der Waals surface area contributed by atoms with Crippen molar-refractivity contribution in [3.05, 3.63) is 59.7 Å². The monoisotopic (exact) mass is 339 g/mol. The molecular weight excluding hydrogens is 310 g/mol. The Labute approximate surface area is 151 Å². The zero-order chi connectivity index (χ0) is 18.4. The Morgan fingerprint density at radius 1 is 1.08 bits per heavy atom. The third-order valence-electron chi connectivity index (χ3n) is 4.47. The highest BCUT2D eigenvalue weighted by molar-refractivity contribution is 5.92. The molecule has 1 amide bonds. The lowest BCUT2D eigenvalue weighted by molar-refractivity contribution is -0.118. The van der Waals surface area contributed by atoms with Gasteiger partial charge in [-0.25, -0.2) is 0 Å². The molecule has 0 bridgehead atoms. The van der Waals surface area contributed by atoms with Gasteiger partial charge in [0.2, 0.25) is 0 Å². The maximum atomic E-state index is 12.2. The summed E-state index contributed by atoms with van der Waals surface area (Å²) in [4.78, 5) is 12.2. The van der Waals surface area contributed by atoms with Crippen LogP contribution in [0.25, 0.3) is 0 Å². The van der Waals surface area contributed by atoms with Gasteiger partial charge >= 0.3 is 0 Å². The van der Waals surface area contributed by atoms with E-state index in [0.717, 1.165) is 17.7 Å². The van der Waals surface area contributed by atoms with E-state index in [1.807, 2.05) is 42.5 Å². The van der Waals surface area contributed by atoms with Crippen LogP contribution >= 0.6 is 0 Å². The van der Waals surface area contributed by atoms with Crippen LogP contribution in [-0.2, 0) is 10.2 Å². The molecule has 0 aromatic heterocycles. The lowest BCUT2D eigenvalue weighted by atomic mass is 9.87. The number of rotatable bonds is 6. The van der Waals surface area contributed by atoms with Crippen molar-refractivity contribution in [3.63, 3.8) is 0 Å². The van der Waals surface area contributed by atoms with E-state index in [-0.39, 0.29) is 17.9 Å². The second kappa shape index (κ2) is 8.19. The van der Waals surface area contributed by atoms with Gasteiger partial charge in [-0.1, -0.05) is 65.0 Å². The lowest BCUT2D eigenvalue weighted by Crippen LogP contribution is -2.21. The van der Waals surface area contributed by atoms with Crippen LogP contribution in [0.1, 0.15) is 58.1 Å². The quantitative estimate of drug-likeness (QED) is 0.753. The number of hydrogen-bond donors (Lipinski definition) is 1. The third kappa shape index (κ3) is 5.35. The van der Waals surface area contributed by atoms with Crippen molar-refractivity contribution in [2.45, 2.75) is 52.4 Å². The van der Waals surface area contributed by atoms with Gasteiger partial charge in [-0.05, 0) is 47.1 Å². The first-order chi connectivity index (χ1) is 11.8. The number of ether oxygens (including phenoxy) is 1. The van der Waals surface area contributed by atoms with Crippen molar-refractivity contribution in [2.24, 2.45) is 0 Å². The fraction of sp³-hybridized carbons (Fsp3) is 0.409. The van der Waals surface area contributed by atoms with Crippen molar-refractivity contribution < 1.29 is 9.53 Å². The van der Waals surface area contributed by atoms with Crippen molar-refractivity contribution in [1.82, 2.24) is 0 Å². The fourth-order valence-corrected chi connectivity index (χ4v) is 2.65. The van der Waals surface area contributed by atoms with Gasteiger partial charge in [-0.3, -0.25) is 4.79 Å². The molecule has 0 saturated heterocycles. The number of amides is 1. The van der Waals surface area contributed by atoms with Gasteiger partial charge in [-0.2, -0.15) is 0 Å². The second-order valence-electron chi connectivity index (χ2n) is 7.51. The average molecular weight is 339 g/mol. The van der Waals surface area contributed by atoms with E-state index >= 15 is 0 Å². The molecule has 0 heterocycles. The molecule has 2 aromatic rings. The topological polar surface area (TPSA) is 38.3 Å². The van der Waals surface area contributed by atoms with Crippen molar-refractivity contribution >= 4 is 11.6 Å². The number of nitrogens with one attached hydrogen (secondary N) is 1. The molecule has 0 aliphatic rings. The van der Waals surface area contributed by atoms with Gasteiger partial charge in [-0.15, -0.1) is 0 Å². The molecule has 0 radical (unpaired) electrons. The van der Waals surface area contributed by atoms with E-state index < -0.39 is 0 Å². The summed E-state index contributed by atoms with van der Waals surface area (Å²) in [5, 5.41) is 2.97. The Morgan fingerprint density at radius 2 is 1.72 bits per heavy atom. The molecule has 1 N–H and O–H groups in total. The number of carbonyl (C=O) groups excluding carboxylic acids is 1. The number of para-hydroxylation sites is 1. The minimum absolute atomic E-state index is 0.00368. The van der Waals surface area contributed by atoms with Gasteiger partial charge < -0.3 is 10.1 Å². The minimum Gasteiger partial charge on any atom is -0.484 e. The van der Waals surface area contributed by atoms with Crippen LogP contribution in [0, 0.1) is 0 Å². The summed E-state index contributed by atoms with van der Waals surface area (Å²) in [6.07, 6.45) is 1.03. The zero-order valence-corrected chi connectivity index (χ0v) is 15.9. The molecule has 3 heteroatoms. The lowest BCUT2D eigenvalue weighted by Gasteiger charge is -2.19. The predicted molar refractivity (Wildman–Crippen MR) is 104 cm³/mol. The van der Waals surface area contributed by atoms with Gasteiger partial charge in [0.15, 0.2) is 6.61 Å². The highest BCUT2D eigenvalue weighted by Crippen LogP contribution is 2.27. The molecule has 25 heavy (non-hydrogen) atoms. The van der Waals surface area contributed by atoms with Crippen LogP contribution in [-0.4, -0.2) is 12.5 Å². The van der Waals surface area contributed by atoms with E-state index in [4.69, 9.17) is 4.74 Å². The Bertz CT molecular complexity index is 699. The van der Waals surface area contributed by atoms with Crippen molar-refractivity contribution in [1.29, 1.82) is 0 Å². The normalized spacial score (nSPS) is 12.5. The molecule has 0 fully saturated rings. The summed E-state index contributed by atoms with van der Waals surface area (Å²) in [5.41, 5.74) is 3.38. The molecule has 0 aliphatic carbocycles. The van der Waals surface area contributed by atoms with Crippen LogP contribution in [0.3, 0.4) is 0 Å². The smallest absolute Gasteiger partial charge is 0.262 e. The number of hydrogen-bond acceptors (Lipinski definition) is 2. The summed E-state index contributed by atoms with van der Waals surface area (Å²) in [5.74, 6) is 0.969. The van der Waals surface area contributed by atoms with E-state index in [9.17, 15) is 4.79 Å². The van der Waals surface area contributed by atoms with Crippen LogP contribution in [0.5, 0.6) is 5.75 Å². The molecule has 0 unspecified atom stereocenters. The first kappa shape index (κ1) is 19.0. The predicted octanol–water partition coefficient (Wildman–Crippen LogP) is 5.52. The van der Waals surface area contributed by atoms with Gasteiger partial charge in [0.25, 0.3) is 5.91 Å². The van der Waals surface area contributed by atoms with E-state index in [1.54, 1.807) is 0 Å². The standard InChI is InChI=1S/C22H29NO2/c1-6-16(2)19-9-7-8-10-20(19)23-21(24)15-25-18-13-11-17(12-14-18)22(3,4)5/h7-14,16H,6,15H2,1-5H3,(H,23,24)/t16-/m0/s1. The fourth-order valence-electron chi connectivity index (χ4n) is 2.65. The van der Waals surface area contributed by atoms with E-state index in [1.165, 1.54) is 5.56 Å². The van der Waals surface area contributed by atoms with Gasteiger partial charge in [0, 0.05) is 5.69 Å². The largest absolute Gasteiger partial charge is 0.484 e. The van der Waals surface area contributed by atoms with E-state index in [0.29, 0.717) is 11.7 Å². The molecule has 2 rings (SSSR count). The molecule has 134 valence electrons. The Hall–Kier alpha value is -2.29. The zero-order valence-electron chi connectivity index (χ0n) is 15.9. The molecule has 1 atom stereocenters. The van der Waals surface area contributed by atoms with Crippen molar-refractivity contribution in [3.8, 4) is 5.75 Å². The van der Waals surface area contributed by atoms with Gasteiger partial charge in [0.05, 0.1) is 0 Å². The molecule has 2 aromatic carbocycles. The first-order valence-corrected chi connectivity index (χ1v) is 8.93. The summed E-state index contributed by atoms with van der Waals surface area (Å²) in [6.45, 7) is 10.8. The van der Waals surface area contributed by atoms with Crippen LogP contribution in [0.2, 0.25) is 0 Å². The SMILES string of the molecule is CC[C@H](C)c1ccccc1NC(=O)COc1ccc(C(C)(C)C)cc1. The first-order valence-electron chi connectivity index (χ1n) is 8.93. The van der Waals surface area contributed by atoms with Crippen LogP contribution in [0.4, 0.5) is 5.69 Å². The second-order valence-corrected chi connectivity index (χ2v) is 7.51. The highest BCUT2D eigenvalue weighted by Gasteiger charge is 2.14. The Morgan fingerprint density at radius 3 is 2.32 bits per heavy atom.